The Labute approximate surface area is 170 Å². The van der Waals surface area contributed by atoms with Crippen LogP contribution < -0.4 is 10.9 Å². The average molecular weight is 403 g/mol. The van der Waals surface area contributed by atoms with Crippen LogP contribution >= 0.6 is 11.6 Å². The van der Waals surface area contributed by atoms with Gasteiger partial charge < -0.3 is 10.4 Å². The highest BCUT2D eigenvalue weighted by Crippen LogP contribution is 2.27. The van der Waals surface area contributed by atoms with Gasteiger partial charge in [0.2, 0.25) is 0 Å². The summed E-state index contributed by atoms with van der Waals surface area (Å²) in [7, 11) is 0. The summed E-state index contributed by atoms with van der Waals surface area (Å²) in [5.41, 5.74) is 0.968. The summed E-state index contributed by atoms with van der Waals surface area (Å²) in [6.45, 7) is 1.90. The van der Waals surface area contributed by atoms with E-state index in [9.17, 15) is 9.90 Å². The predicted molar refractivity (Wildman–Crippen MR) is 111 cm³/mol. The molecule has 2 N–H and O–H groups in total. The van der Waals surface area contributed by atoms with Gasteiger partial charge in [-0.3, -0.25) is 9.69 Å². The van der Waals surface area contributed by atoms with Gasteiger partial charge in [-0.15, -0.1) is 0 Å². The minimum Gasteiger partial charge on any atom is -0.391 e. The number of aliphatic hydroxyl groups is 1. The lowest BCUT2D eigenvalue weighted by atomic mass is 9.89. The van der Waals surface area contributed by atoms with Crippen LogP contribution in [0.5, 0.6) is 0 Å². The maximum atomic E-state index is 12.6. The van der Waals surface area contributed by atoms with E-state index in [0.29, 0.717) is 17.4 Å². The molecule has 4 rings (SSSR count). The van der Waals surface area contributed by atoms with Crippen molar-refractivity contribution >= 4 is 17.3 Å². The van der Waals surface area contributed by atoms with E-state index in [0.717, 1.165) is 45.2 Å². The topological polar surface area (TPSA) is 70.4 Å². The normalized spacial score (nSPS) is 24.2. The van der Waals surface area contributed by atoms with E-state index in [2.05, 4.69) is 15.3 Å². The number of likely N-dealkylation sites (tertiary alicyclic amines) is 1. The molecule has 0 amide bonds. The molecule has 0 spiro atoms. The number of nitrogens with zero attached hydrogens (tertiary/aromatic N) is 3. The number of hydrogen-bond acceptors (Lipinski definition) is 5. The Kier molecular flexibility index (Phi) is 5.99. The molecule has 28 heavy (non-hydrogen) atoms. The quantitative estimate of drug-likeness (QED) is 0.822. The van der Waals surface area contributed by atoms with E-state index >= 15 is 0 Å². The molecule has 0 bridgehead atoms. The SMILES string of the molecule is O=c1c(Cl)c(NC2CCN(C3CCCCC3O)CC2)cnn1-c1ccccc1. The van der Waals surface area contributed by atoms with E-state index in [-0.39, 0.29) is 22.7 Å². The zero-order chi connectivity index (χ0) is 19.5. The first-order valence-corrected chi connectivity index (χ1v) is 10.5. The van der Waals surface area contributed by atoms with Crippen LogP contribution in [0.4, 0.5) is 5.69 Å². The smallest absolute Gasteiger partial charge is 0.292 e. The predicted octanol–water partition coefficient (Wildman–Crippen LogP) is 3.07. The number of benzene rings is 1. The fourth-order valence-corrected chi connectivity index (χ4v) is 4.58. The van der Waals surface area contributed by atoms with Gasteiger partial charge >= 0.3 is 0 Å². The molecule has 1 aliphatic heterocycles. The molecule has 0 radical (unpaired) electrons. The number of nitrogens with one attached hydrogen (secondary N) is 1. The third-order valence-corrected chi connectivity index (χ3v) is 6.34. The highest BCUT2D eigenvalue weighted by Gasteiger charge is 2.31. The fourth-order valence-electron chi connectivity index (χ4n) is 4.40. The largest absolute Gasteiger partial charge is 0.391 e. The zero-order valence-corrected chi connectivity index (χ0v) is 16.7. The highest BCUT2D eigenvalue weighted by molar-refractivity contribution is 6.32. The summed E-state index contributed by atoms with van der Waals surface area (Å²) in [5, 5.41) is 18.2. The molecule has 2 aliphatic rings. The van der Waals surface area contributed by atoms with Crippen molar-refractivity contribution in [2.75, 3.05) is 18.4 Å². The van der Waals surface area contributed by atoms with Crippen molar-refractivity contribution in [2.45, 2.75) is 56.7 Å². The minimum absolute atomic E-state index is 0.170. The molecule has 1 aliphatic carbocycles. The van der Waals surface area contributed by atoms with Crippen LogP contribution in [0.2, 0.25) is 5.02 Å². The molecule has 1 saturated heterocycles. The Bertz CT molecular complexity index is 849. The second kappa shape index (κ2) is 8.64. The van der Waals surface area contributed by atoms with Gasteiger partial charge in [0.1, 0.15) is 5.02 Å². The Morgan fingerprint density at radius 3 is 2.50 bits per heavy atom. The van der Waals surface area contributed by atoms with Crippen LogP contribution in [0.15, 0.2) is 41.3 Å². The van der Waals surface area contributed by atoms with E-state index < -0.39 is 0 Å². The first-order chi connectivity index (χ1) is 13.6. The van der Waals surface area contributed by atoms with E-state index in [4.69, 9.17) is 11.6 Å². The summed E-state index contributed by atoms with van der Waals surface area (Å²) in [6.07, 6.45) is 7.71. The monoisotopic (exact) mass is 402 g/mol. The lowest BCUT2D eigenvalue weighted by Gasteiger charge is -2.41. The number of aliphatic hydroxyl groups excluding tert-OH is 1. The molecule has 1 aromatic heterocycles. The van der Waals surface area contributed by atoms with Crippen LogP contribution in [-0.2, 0) is 0 Å². The summed E-state index contributed by atoms with van der Waals surface area (Å²) < 4.78 is 1.32. The van der Waals surface area contributed by atoms with Crippen LogP contribution in [0.1, 0.15) is 38.5 Å². The van der Waals surface area contributed by atoms with E-state index in [1.807, 2.05) is 30.3 Å². The third kappa shape index (κ3) is 4.09. The van der Waals surface area contributed by atoms with Crippen LogP contribution in [-0.4, -0.2) is 51.1 Å². The Morgan fingerprint density at radius 1 is 1.07 bits per heavy atom. The molecule has 7 heteroatoms. The molecule has 2 heterocycles. The minimum atomic E-state index is -0.319. The lowest BCUT2D eigenvalue weighted by molar-refractivity contribution is 0.00993. The zero-order valence-electron chi connectivity index (χ0n) is 15.9. The van der Waals surface area contributed by atoms with Crippen LogP contribution in [0, 0.1) is 0 Å². The number of para-hydroxylation sites is 1. The standard InChI is InChI=1S/C21H27ClN4O2/c22-20-17(14-23-26(21(20)28)16-6-2-1-3-7-16)24-15-10-12-25(13-11-15)18-8-4-5-9-19(18)27/h1-3,6-7,14-15,18-19,24,27H,4-5,8-13H2. The molecule has 2 atom stereocenters. The van der Waals surface area contributed by atoms with Crippen molar-refractivity contribution < 1.29 is 5.11 Å². The van der Waals surface area contributed by atoms with Gasteiger partial charge in [-0.1, -0.05) is 42.6 Å². The molecule has 2 unspecified atom stereocenters. The number of anilines is 1. The maximum absolute atomic E-state index is 12.6. The maximum Gasteiger partial charge on any atom is 0.292 e. The van der Waals surface area contributed by atoms with Crippen molar-refractivity contribution in [3.63, 3.8) is 0 Å². The van der Waals surface area contributed by atoms with Gasteiger partial charge in [0.05, 0.1) is 23.7 Å². The first kappa shape index (κ1) is 19.4. The summed E-state index contributed by atoms with van der Waals surface area (Å²) in [6, 6.07) is 9.82. The summed E-state index contributed by atoms with van der Waals surface area (Å²) >= 11 is 6.36. The van der Waals surface area contributed by atoms with Crippen molar-refractivity contribution in [2.24, 2.45) is 0 Å². The number of rotatable bonds is 4. The molecule has 1 saturated carbocycles. The molecular formula is C21H27ClN4O2. The molecular weight excluding hydrogens is 376 g/mol. The number of hydrogen-bond donors (Lipinski definition) is 2. The Balaban J connectivity index is 1.40. The second-order valence-corrected chi connectivity index (χ2v) is 8.18. The van der Waals surface area contributed by atoms with Crippen molar-refractivity contribution in [1.29, 1.82) is 0 Å². The number of aromatic nitrogens is 2. The van der Waals surface area contributed by atoms with E-state index in [1.54, 1.807) is 6.20 Å². The van der Waals surface area contributed by atoms with Crippen molar-refractivity contribution in [1.82, 2.24) is 14.7 Å². The van der Waals surface area contributed by atoms with Crippen molar-refractivity contribution in [3.8, 4) is 5.69 Å². The van der Waals surface area contributed by atoms with Crippen LogP contribution in [0.3, 0.4) is 0 Å². The molecule has 2 fully saturated rings. The van der Waals surface area contributed by atoms with Crippen LogP contribution in [0.25, 0.3) is 5.69 Å². The number of piperidine rings is 1. The molecule has 150 valence electrons. The Hall–Kier alpha value is -1.89. The second-order valence-electron chi connectivity index (χ2n) is 7.80. The molecule has 2 aromatic rings. The molecule has 6 nitrogen and oxygen atoms in total. The summed E-state index contributed by atoms with van der Waals surface area (Å²) in [5.74, 6) is 0. The van der Waals surface area contributed by atoms with Gasteiger partial charge in [-0.2, -0.15) is 9.78 Å². The summed E-state index contributed by atoms with van der Waals surface area (Å²) in [4.78, 5) is 15.0. The highest BCUT2D eigenvalue weighted by atomic mass is 35.5. The van der Waals surface area contributed by atoms with Crippen molar-refractivity contribution in [3.05, 3.63) is 51.9 Å². The lowest BCUT2D eigenvalue weighted by Crippen LogP contribution is -2.50. The first-order valence-electron chi connectivity index (χ1n) is 10.2. The molecule has 1 aromatic carbocycles. The fraction of sp³-hybridized carbons (Fsp3) is 0.524. The van der Waals surface area contributed by atoms with Gasteiger partial charge in [-0.25, -0.2) is 0 Å². The number of halogens is 1. The third-order valence-electron chi connectivity index (χ3n) is 5.97. The van der Waals surface area contributed by atoms with E-state index in [1.165, 1.54) is 11.1 Å². The van der Waals surface area contributed by atoms with Gasteiger partial charge in [-0.05, 0) is 37.8 Å². The average Bonchev–Trinajstić information content (AvgIpc) is 2.73. The van der Waals surface area contributed by atoms with Gasteiger partial charge in [0.15, 0.2) is 0 Å². The van der Waals surface area contributed by atoms with Gasteiger partial charge in [0.25, 0.3) is 5.56 Å². The van der Waals surface area contributed by atoms with Gasteiger partial charge in [0, 0.05) is 25.2 Å². The Morgan fingerprint density at radius 2 is 1.79 bits per heavy atom.